The zero-order chi connectivity index (χ0) is 32.1. The van der Waals surface area contributed by atoms with Crippen LogP contribution in [0.15, 0.2) is 0 Å². The van der Waals surface area contributed by atoms with E-state index >= 15 is 0 Å². The number of β-amino-alcohol motifs (C(OH)–C–C–N with tert-alkyl or cyclic N) is 4. The third-order valence-corrected chi connectivity index (χ3v) is 11.4. The summed E-state index contributed by atoms with van der Waals surface area (Å²) in [4.78, 5) is 32.8. The topological polar surface area (TPSA) is 168 Å². The van der Waals surface area contributed by atoms with Crippen molar-refractivity contribution < 1.29 is 40.2 Å². The van der Waals surface area contributed by atoms with Crippen LogP contribution >= 0.6 is 0 Å². The second-order valence-corrected chi connectivity index (χ2v) is 14.8. The van der Waals surface area contributed by atoms with Crippen LogP contribution in [0.4, 0.5) is 0 Å². The van der Waals surface area contributed by atoms with Crippen molar-refractivity contribution in [3.63, 3.8) is 0 Å². The van der Waals surface area contributed by atoms with Crippen molar-refractivity contribution in [1.82, 2.24) is 19.6 Å². The van der Waals surface area contributed by atoms with Gasteiger partial charge in [-0.1, -0.05) is 19.3 Å². The average molecular weight is 639 g/mol. The number of amides is 2. The van der Waals surface area contributed by atoms with E-state index < -0.39 is 36.6 Å². The zero-order valence-corrected chi connectivity index (χ0v) is 26.9. The number of hydrogen-bond donors (Lipinski definition) is 6. The fourth-order valence-corrected chi connectivity index (χ4v) is 8.20. The Hall–Kier alpha value is -1.38. The molecule has 12 heteroatoms. The molecule has 2 amide bonds. The van der Waals surface area contributed by atoms with E-state index in [0.29, 0.717) is 49.8 Å². The number of hydrogen-bond acceptors (Lipinski definition) is 10. The molecule has 258 valence electrons. The van der Waals surface area contributed by atoms with Gasteiger partial charge in [-0.05, 0) is 63.2 Å². The number of piperidine rings is 4. The molecule has 0 spiro atoms. The maximum atomic E-state index is 12.4. The standard InChI is InChI=1S/C17H30N2O4.C16H28N2O4/c20-14-10-18(11-15(21)16(14)22)9-12-5-7-19(8-6-12)17(23)13-3-1-2-4-13;19-13-9-17(10-14(20)15(13)21)8-11-4-6-18(7-5-11)16(22)12-2-1-3-12/h12-16,20-22H,1-11H2;11-15,19-21H,1-10H2/t14-,15+,16?;13-,14+,15?. The molecule has 6 rings (SSSR count). The first-order valence-corrected chi connectivity index (χ1v) is 17.7. The Balaban J connectivity index is 0.000000178. The highest BCUT2D eigenvalue weighted by Gasteiger charge is 2.37. The number of aliphatic hydroxyl groups is 6. The minimum absolute atomic E-state index is 0.264. The van der Waals surface area contributed by atoms with Gasteiger partial charge in [-0.3, -0.25) is 19.4 Å². The van der Waals surface area contributed by atoms with Crippen molar-refractivity contribution in [2.75, 3.05) is 65.4 Å². The Morgan fingerprint density at radius 1 is 0.467 bits per heavy atom. The summed E-state index contributed by atoms with van der Waals surface area (Å²) in [6, 6.07) is 0. The van der Waals surface area contributed by atoms with Crippen LogP contribution in [0.3, 0.4) is 0 Å². The van der Waals surface area contributed by atoms with Crippen molar-refractivity contribution in [3.05, 3.63) is 0 Å². The van der Waals surface area contributed by atoms with Crippen LogP contribution in [-0.2, 0) is 9.59 Å². The van der Waals surface area contributed by atoms with E-state index in [-0.39, 0.29) is 11.8 Å². The van der Waals surface area contributed by atoms with Crippen LogP contribution in [0.1, 0.15) is 70.6 Å². The van der Waals surface area contributed by atoms with Crippen LogP contribution < -0.4 is 0 Å². The number of likely N-dealkylation sites (tertiary alicyclic amines) is 4. The third-order valence-electron chi connectivity index (χ3n) is 11.4. The van der Waals surface area contributed by atoms with Crippen molar-refractivity contribution in [1.29, 1.82) is 0 Å². The highest BCUT2D eigenvalue weighted by molar-refractivity contribution is 5.80. The highest BCUT2D eigenvalue weighted by Crippen LogP contribution is 2.31. The number of carbonyl (C=O) groups excluding carboxylic acids is 2. The first-order chi connectivity index (χ1) is 21.6. The lowest BCUT2D eigenvalue weighted by molar-refractivity contribution is -0.140. The second-order valence-electron chi connectivity index (χ2n) is 14.8. The summed E-state index contributed by atoms with van der Waals surface area (Å²) in [5, 5.41) is 58.2. The lowest BCUT2D eigenvalue weighted by Gasteiger charge is -2.41. The molecular formula is C33H58N4O8. The van der Waals surface area contributed by atoms with Gasteiger partial charge in [-0.25, -0.2) is 0 Å². The van der Waals surface area contributed by atoms with E-state index in [9.17, 15) is 40.2 Å². The molecular weight excluding hydrogens is 580 g/mol. The summed E-state index contributed by atoms with van der Waals surface area (Å²) >= 11 is 0. The average Bonchev–Trinajstić information content (AvgIpc) is 3.54. The minimum Gasteiger partial charge on any atom is -0.389 e. The van der Waals surface area contributed by atoms with E-state index in [1.54, 1.807) is 0 Å². The van der Waals surface area contributed by atoms with Gasteiger partial charge in [0.1, 0.15) is 12.2 Å². The van der Waals surface area contributed by atoms with Gasteiger partial charge in [-0.15, -0.1) is 0 Å². The number of carbonyl (C=O) groups is 2. The summed E-state index contributed by atoms with van der Waals surface area (Å²) in [7, 11) is 0. The molecule has 12 nitrogen and oxygen atoms in total. The molecule has 0 bridgehead atoms. The van der Waals surface area contributed by atoms with E-state index in [0.717, 1.165) is 90.6 Å². The van der Waals surface area contributed by atoms with Crippen LogP contribution in [0, 0.1) is 23.7 Å². The molecule has 0 aromatic heterocycles. The number of nitrogens with zero attached hydrogens (tertiary/aromatic N) is 4. The lowest BCUT2D eigenvalue weighted by atomic mass is 9.83. The Morgan fingerprint density at radius 3 is 1.07 bits per heavy atom. The molecule has 2 aliphatic carbocycles. The number of rotatable bonds is 6. The number of aliphatic hydroxyl groups excluding tert-OH is 6. The molecule has 0 aromatic rings. The molecule has 45 heavy (non-hydrogen) atoms. The van der Waals surface area contributed by atoms with Crippen molar-refractivity contribution in [2.45, 2.75) is 107 Å². The van der Waals surface area contributed by atoms with Crippen LogP contribution in [-0.4, -0.2) is 164 Å². The van der Waals surface area contributed by atoms with Gasteiger partial charge >= 0.3 is 0 Å². The quantitative estimate of drug-likeness (QED) is 0.218. The highest BCUT2D eigenvalue weighted by atomic mass is 16.4. The Morgan fingerprint density at radius 2 is 0.778 bits per heavy atom. The van der Waals surface area contributed by atoms with E-state index in [1.165, 1.54) is 19.3 Å². The van der Waals surface area contributed by atoms with Gasteiger partial charge in [0.2, 0.25) is 11.8 Å². The van der Waals surface area contributed by atoms with Gasteiger partial charge in [0.15, 0.2) is 0 Å². The van der Waals surface area contributed by atoms with Gasteiger partial charge in [0, 0.05) is 77.3 Å². The second kappa shape index (κ2) is 16.1. The molecule has 6 fully saturated rings. The summed E-state index contributed by atoms with van der Waals surface area (Å²) in [6.07, 6.45) is 6.23. The predicted molar refractivity (Wildman–Crippen MR) is 167 cm³/mol. The molecule has 2 unspecified atom stereocenters. The zero-order valence-electron chi connectivity index (χ0n) is 26.9. The van der Waals surface area contributed by atoms with Crippen LogP contribution in [0.2, 0.25) is 0 Å². The summed E-state index contributed by atoms with van der Waals surface area (Å²) in [6.45, 7) is 6.66. The predicted octanol–water partition coefficient (Wildman–Crippen LogP) is -0.763. The SMILES string of the molecule is O=C(C1CCC1)N1CCC(CN2C[C@@H](O)C(O)[C@@H](O)C2)CC1.O=C(C1CCCC1)N1CCC(CN2C[C@@H](O)C(O)[C@@H](O)C2)CC1. The molecule has 0 radical (unpaired) electrons. The van der Waals surface area contributed by atoms with E-state index in [2.05, 4.69) is 0 Å². The van der Waals surface area contributed by atoms with Crippen molar-refractivity contribution >= 4 is 11.8 Å². The van der Waals surface area contributed by atoms with Gasteiger partial charge in [-0.2, -0.15) is 0 Å². The van der Waals surface area contributed by atoms with Crippen molar-refractivity contribution in [3.8, 4) is 0 Å². The summed E-state index contributed by atoms with van der Waals surface area (Å²) in [5.74, 6) is 2.24. The summed E-state index contributed by atoms with van der Waals surface area (Å²) < 4.78 is 0. The Kier molecular flexibility index (Phi) is 12.5. The molecule has 6 aliphatic rings. The fraction of sp³-hybridized carbons (Fsp3) is 0.939. The van der Waals surface area contributed by atoms with E-state index in [1.807, 2.05) is 19.6 Å². The molecule has 4 saturated heterocycles. The van der Waals surface area contributed by atoms with Crippen molar-refractivity contribution in [2.24, 2.45) is 23.7 Å². The maximum Gasteiger partial charge on any atom is 0.225 e. The monoisotopic (exact) mass is 638 g/mol. The minimum atomic E-state index is -1.03. The molecule has 6 atom stereocenters. The first-order valence-electron chi connectivity index (χ1n) is 17.7. The molecule has 4 heterocycles. The first kappa shape index (κ1) is 34.9. The fourth-order valence-electron chi connectivity index (χ4n) is 8.20. The molecule has 2 saturated carbocycles. The largest absolute Gasteiger partial charge is 0.389 e. The van der Waals surface area contributed by atoms with Gasteiger partial charge < -0.3 is 40.4 Å². The normalized spacial score (nSPS) is 35.2. The molecule has 4 aliphatic heterocycles. The Bertz CT molecular complexity index is 925. The van der Waals surface area contributed by atoms with Gasteiger partial charge in [0.05, 0.1) is 24.4 Å². The maximum absolute atomic E-state index is 12.4. The van der Waals surface area contributed by atoms with Crippen LogP contribution in [0.25, 0.3) is 0 Å². The summed E-state index contributed by atoms with van der Waals surface area (Å²) in [5.41, 5.74) is 0. The smallest absolute Gasteiger partial charge is 0.225 e. The third kappa shape index (κ3) is 9.16. The Labute approximate surface area is 268 Å². The lowest BCUT2D eigenvalue weighted by Crippen LogP contribution is -2.56. The molecule has 0 aromatic carbocycles. The molecule has 6 N–H and O–H groups in total. The van der Waals surface area contributed by atoms with E-state index in [4.69, 9.17) is 0 Å². The van der Waals surface area contributed by atoms with Crippen LogP contribution in [0.5, 0.6) is 0 Å². The van der Waals surface area contributed by atoms with Gasteiger partial charge in [0.25, 0.3) is 0 Å².